The predicted octanol–water partition coefficient (Wildman–Crippen LogP) is 3.38. The minimum absolute atomic E-state index is 0.0324. The molecule has 1 aliphatic heterocycles. The number of hydrogen-bond donors (Lipinski definition) is 3. The highest BCUT2D eigenvalue weighted by Gasteiger charge is 2.29. The Kier molecular flexibility index (Phi) is 11.8. The van der Waals surface area contributed by atoms with Crippen molar-refractivity contribution in [2.45, 2.75) is 83.5 Å². The van der Waals surface area contributed by atoms with E-state index in [-0.39, 0.29) is 23.6 Å². The molecule has 8 heteroatoms. The van der Waals surface area contributed by atoms with Crippen LogP contribution in [0.15, 0.2) is 54.6 Å². The Morgan fingerprint density at radius 1 is 0.854 bits per heavy atom. The van der Waals surface area contributed by atoms with E-state index < -0.39 is 12.1 Å². The highest BCUT2D eigenvalue weighted by atomic mass is 16.2. The van der Waals surface area contributed by atoms with Crippen LogP contribution in [0.3, 0.4) is 0 Å². The number of nitrogens with one attached hydrogen (secondary N) is 2. The zero-order valence-electron chi connectivity index (χ0n) is 24.5. The summed E-state index contributed by atoms with van der Waals surface area (Å²) in [6, 6.07) is 17.2. The molecule has 8 nitrogen and oxygen atoms in total. The molecular formula is C33H47N5O3. The molecule has 0 aromatic heterocycles. The summed E-state index contributed by atoms with van der Waals surface area (Å²) in [5, 5.41) is 5.96. The van der Waals surface area contributed by atoms with Crippen LogP contribution in [-0.2, 0) is 33.9 Å². The summed E-state index contributed by atoms with van der Waals surface area (Å²) < 4.78 is 0. The third-order valence-electron chi connectivity index (χ3n) is 8.53. The number of rotatable bonds is 11. The van der Waals surface area contributed by atoms with Crippen LogP contribution in [0.2, 0.25) is 0 Å². The SMILES string of the molecule is CCC(=O)N[C@H](Cc1ccc(CNC(=O)[C@@H](N)C2CCCCCC2)cc1)C(=O)N1CCN(Cc2ccccc2)CC1. The van der Waals surface area contributed by atoms with Gasteiger partial charge in [0.1, 0.15) is 6.04 Å². The van der Waals surface area contributed by atoms with E-state index in [1.165, 1.54) is 18.4 Å². The van der Waals surface area contributed by atoms with Gasteiger partial charge >= 0.3 is 0 Å². The topological polar surface area (TPSA) is 108 Å². The molecule has 2 atom stereocenters. The molecule has 0 unspecified atom stereocenters. The maximum Gasteiger partial charge on any atom is 0.245 e. The first-order chi connectivity index (χ1) is 19.9. The summed E-state index contributed by atoms with van der Waals surface area (Å²) in [7, 11) is 0. The first kappa shape index (κ1) is 30.7. The van der Waals surface area contributed by atoms with Crippen LogP contribution in [0, 0.1) is 5.92 Å². The van der Waals surface area contributed by atoms with E-state index in [1.807, 2.05) is 47.4 Å². The van der Waals surface area contributed by atoms with E-state index in [2.05, 4.69) is 27.7 Å². The molecule has 1 saturated heterocycles. The fourth-order valence-corrected chi connectivity index (χ4v) is 5.90. The molecule has 41 heavy (non-hydrogen) atoms. The van der Waals surface area contributed by atoms with Gasteiger partial charge < -0.3 is 21.3 Å². The largest absolute Gasteiger partial charge is 0.351 e. The molecule has 1 saturated carbocycles. The number of carbonyl (C=O) groups is 3. The van der Waals surface area contributed by atoms with Gasteiger partial charge in [-0.3, -0.25) is 19.3 Å². The van der Waals surface area contributed by atoms with Gasteiger partial charge in [0.25, 0.3) is 0 Å². The van der Waals surface area contributed by atoms with Gasteiger partial charge in [-0.1, -0.05) is 87.2 Å². The predicted molar refractivity (Wildman–Crippen MR) is 162 cm³/mol. The summed E-state index contributed by atoms with van der Waals surface area (Å²) in [5.41, 5.74) is 9.51. The van der Waals surface area contributed by atoms with Crippen molar-refractivity contribution in [3.05, 3.63) is 71.3 Å². The second kappa shape index (κ2) is 15.7. The van der Waals surface area contributed by atoms with E-state index in [0.717, 1.165) is 56.4 Å². The molecule has 222 valence electrons. The Hall–Kier alpha value is -3.23. The lowest BCUT2D eigenvalue weighted by atomic mass is 9.92. The molecule has 1 aliphatic carbocycles. The lowest BCUT2D eigenvalue weighted by molar-refractivity contribution is -0.138. The van der Waals surface area contributed by atoms with Crippen molar-refractivity contribution in [2.75, 3.05) is 26.2 Å². The number of benzene rings is 2. The minimum Gasteiger partial charge on any atom is -0.351 e. The summed E-state index contributed by atoms with van der Waals surface area (Å²) in [6.07, 6.45) is 7.58. The molecule has 0 radical (unpaired) electrons. The smallest absolute Gasteiger partial charge is 0.245 e. The average molecular weight is 562 g/mol. The van der Waals surface area contributed by atoms with Crippen molar-refractivity contribution in [1.82, 2.24) is 20.4 Å². The van der Waals surface area contributed by atoms with Gasteiger partial charge in [-0.25, -0.2) is 0 Å². The van der Waals surface area contributed by atoms with Crippen molar-refractivity contribution in [3.63, 3.8) is 0 Å². The molecule has 2 fully saturated rings. The van der Waals surface area contributed by atoms with Gasteiger partial charge in [0.2, 0.25) is 17.7 Å². The van der Waals surface area contributed by atoms with Crippen molar-refractivity contribution in [1.29, 1.82) is 0 Å². The maximum atomic E-state index is 13.5. The van der Waals surface area contributed by atoms with Gasteiger partial charge in [0, 0.05) is 52.1 Å². The van der Waals surface area contributed by atoms with Crippen molar-refractivity contribution >= 4 is 17.7 Å². The lowest BCUT2D eigenvalue weighted by Crippen LogP contribution is -2.55. The van der Waals surface area contributed by atoms with Crippen molar-refractivity contribution < 1.29 is 14.4 Å². The van der Waals surface area contributed by atoms with Crippen LogP contribution in [0.5, 0.6) is 0 Å². The second-order valence-electron chi connectivity index (χ2n) is 11.6. The molecule has 1 heterocycles. The first-order valence-electron chi connectivity index (χ1n) is 15.4. The Morgan fingerprint density at radius 3 is 2.12 bits per heavy atom. The van der Waals surface area contributed by atoms with E-state index >= 15 is 0 Å². The lowest BCUT2D eigenvalue weighted by Gasteiger charge is -2.36. The van der Waals surface area contributed by atoms with Gasteiger partial charge in [0.15, 0.2) is 0 Å². The van der Waals surface area contributed by atoms with Crippen LogP contribution in [-0.4, -0.2) is 65.8 Å². The monoisotopic (exact) mass is 561 g/mol. The Balaban J connectivity index is 1.29. The molecular weight excluding hydrogens is 514 g/mol. The summed E-state index contributed by atoms with van der Waals surface area (Å²) in [6.45, 7) is 5.99. The number of amides is 3. The quantitative estimate of drug-likeness (QED) is 0.365. The zero-order chi connectivity index (χ0) is 29.0. The fraction of sp³-hybridized carbons (Fsp3) is 0.545. The van der Waals surface area contributed by atoms with Crippen LogP contribution in [0.25, 0.3) is 0 Å². The second-order valence-corrected chi connectivity index (χ2v) is 11.6. The normalized spacial score (nSPS) is 18.2. The highest BCUT2D eigenvalue weighted by Crippen LogP contribution is 2.25. The van der Waals surface area contributed by atoms with E-state index in [0.29, 0.717) is 32.5 Å². The fourth-order valence-electron chi connectivity index (χ4n) is 5.90. The number of nitrogens with zero attached hydrogens (tertiary/aromatic N) is 2. The maximum absolute atomic E-state index is 13.5. The van der Waals surface area contributed by atoms with E-state index in [4.69, 9.17) is 5.73 Å². The molecule has 2 aliphatic rings. The van der Waals surface area contributed by atoms with Gasteiger partial charge in [-0.05, 0) is 35.4 Å². The number of piperazine rings is 1. The van der Waals surface area contributed by atoms with Gasteiger partial charge in [-0.2, -0.15) is 0 Å². The average Bonchev–Trinajstić information content (AvgIpc) is 3.30. The van der Waals surface area contributed by atoms with Crippen LogP contribution in [0.4, 0.5) is 0 Å². The van der Waals surface area contributed by atoms with Crippen LogP contribution >= 0.6 is 0 Å². The Bertz CT molecular complexity index is 1110. The molecule has 2 aromatic rings. The molecule has 4 N–H and O–H groups in total. The summed E-state index contributed by atoms with van der Waals surface area (Å²) >= 11 is 0. The van der Waals surface area contributed by atoms with E-state index in [9.17, 15) is 14.4 Å². The summed E-state index contributed by atoms with van der Waals surface area (Å²) in [5.74, 6) is 0.0164. The number of nitrogens with two attached hydrogens (primary N) is 1. The zero-order valence-corrected chi connectivity index (χ0v) is 24.5. The molecule has 0 spiro atoms. The standard InChI is InChI=1S/C33H47N5O3/c1-2-30(39)36-29(33(41)38-20-18-37(19-21-38)24-27-10-6-5-7-11-27)22-25-14-16-26(17-15-25)23-35-32(40)31(34)28-12-8-3-4-9-13-28/h5-7,10-11,14-17,28-29,31H,2-4,8-9,12-13,18-24,34H2,1H3,(H,35,40)(H,36,39)/t29-,31+/m1/s1. The number of hydrogen-bond acceptors (Lipinski definition) is 5. The van der Waals surface area contributed by atoms with Gasteiger partial charge in [-0.15, -0.1) is 0 Å². The first-order valence-corrected chi connectivity index (χ1v) is 15.4. The third-order valence-corrected chi connectivity index (χ3v) is 8.53. The highest BCUT2D eigenvalue weighted by molar-refractivity contribution is 5.88. The van der Waals surface area contributed by atoms with Crippen LogP contribution in [0.1, 0.15) is 68.6 Å². The number of carbonyl (C=O) groups excluding carboxylic acids is 3. The molecule has 3 amide bonds. The Labute approximate surface area is 245 Å². The van der Waals surface area contributed by atoms with Crippen molar-refractivity contribution in [2.24, 2.45) is 11.7 Å². The molecule has 0 bridgehead atoms. The Morgan fingerprint density at radius 2 is 1.49 bits per heavy atom. The molecule has 4 rings (SSSR count). The summed E-state index contributed by atoms with van der Waals surface area (Å²) in [4.78, 5) is 42.7. The van der Waals surface area contributed by atoms with Crippen molar-refractivity contribution in [3.8, 4) is 0 Å². The van der Waals surface area contributed by atoms with E-state index in [1.54, 1.807) is 6.92 Å². The third kappa shape index (κ3) is 9.40. The molecule has 2 aromatic carbocycles. The van der Waals surface area contributed by atoms with Gasteiger partial charge in [0.05, 0.1) is 6.04 Å². The minimum atomic E-state index is -0.605. The van der Waals surface area contributed by atoms with Crippen LogP contribution < -0.4 is 16.4 Å².